The molecule has 12 heteroatoms. The van der Waals surface area contributed by atoms with E-state index in [1.807, 2.05) is 0 Å². The Morgan fingerprint density at radius 1 is 1.09 bits per heavy atom. The summed E-state index contributed by atoms with van der Waals surface area (Å²) in [6.45, 7) is 2.67. The molecule has 4 aromatic rings. The number of carbonyl (C=O) groups is 2. The van der Waals surface area contributed by atoms with Gasteiger partial charge in [-0.1, -0.05) is 12.1 Å². The molecule has 178 valence electrons. The zero-order chi connectivity index (χ0) is 24.5. The highest BCUT2D eigenvalue weighted by atomic mass is 16.6. The van der Waals surface area contributed by atoms with Gasteiger partial charge >= 0.3 is 11.6 Å². The predicted octanol–water partition coefficient (Wildman–Crippen LogP) is 3.68. The zero-order valence-corrected chi connectivity index (χ0v) is 18.5. The van der Waals surface area contributed by atoms with E-state index in [4.69, 9.17) is 13.6 Å². The second-order valence-corrected chi connectivity index (χ2v) is 7.81. The van der Waals surface area contributed by atoms with Gasteiger partial charge in [0.15, 0.2) is 28.6 Å². The van der Waals surface area contributed by atoms with Crippen molar-refractivity contribution in [2.75, 3.05) is 31.1 Å². The summed E-state index contributed by atoms with van der Waals surface area (Å²) in [6.07, 6.45) is 2.61. The quantitative estimate of drug-likeness (QED) is 0.229. The lowest BCUT2D eigenvalue weighted by atomic mass is 10.2. The molecule has 3 aromatic heterocycles. The fraction of sp³-hybridized carbons (Fsp3) is 0.217. The Morgan fingerprint density at radius 3 is 2.57 bits per heavy atom. The van der Waals surface area contributed by atoms with Gasteiger partial charge in [0, 0.05) is 38.5 Å². The van der Waals surface area contributed by atoms with E-state index in [0.29, 0.717) is 31.6 Å². The molecule has 0 bridgehead atoms. The van der Waals surface area contributed by atoms with Crippen molar-refractivity contribution >= 4 is 34.2 Å². The molecule has 1 fully saturated rings. The summed E-state index contributed by atoms with van der Waals surface area (Å²) in [5, 5.41) is 12.6. The van der Waals surface area contributed by atoms with Gasteiger partial charge in [0.1, 0.15) is 6.33 Å². The van der Waals surface area contributed by atoms with Crippen LogP contribution in [0.15, 0.2) is 57.8 Å². The number of ether oxygens (including phenoxy) is 1. The van der Waals surface area contributed by atoms with E-state index in [9.17, 15) is 19.7 Å². The van der Waals surface area contributed by atoms with Crippen LogP contribution in [0.3, 0.4) is 0 Å². The lowest BCUT2D eigenvalue weighted by Gasteiger charge is -2.34. The Labute approximate surface area is 197 Å². The van der Waals surface area contributed by atoms with Crippen LogP contribution in [-0.2, 0) is 0 Å². The highest BCUT2D eigenvalue weighted by Crippen LogP contribution is 2.39. The molecule has 0 N–H and O–H groups in total. The molecular formula is C23H19N5O7. The Balaban J connectivity index is 1.42. The number of fused-ring (bicyclic) bond motifs is 1. The lowest BCUT2D eigenvalue weighted by molar-refractivity contribution is -0.385. The Morgan fingerprint density at radius 2 is 1.89 bits per heavy atom. The number of carbonyl (C=O) groups excluding carboxylic acids is 2. The molecule has 0 atom stereocenters. The summed E-state index contributed by atoms with van der Waals surface area (Å²) < 4.78 is 16.6. The number of amides is 1. The van der Waals surface area contributed by atoms with Crippen molar-refractivity contribution in [3.63, 3.8) is 0 Å². The molecule has 1 saturated heterocycles. The normalized spacial score (nSPS) is 13.7. The average Bonchev–Trinajstić information content (AvgIpc) is 3.54. The van der Waals surface area contributed by atoms with Crippen LogP contribution in [0.1, 0.15) is 28.0 Å². The van der Waals surface area contributed by atoms with E-state index >= 15 is 0 Å². The number of ketones is 1. The minimum Gasteiger partial charge on any atom is -0.459 e. The van der Waals surface area contributed by atoms with Gasteiger partial charge in [0.05, 0.1) is 11.2 Å². The Hall–Kier alpha value is -4.74. The van der Waals surface area contributed by atoms with Crippen molar-refractivity contribution in [1.29, 1.82) is 0 Å². The van der Waals surface area contributed by atoms with Crippen molar-refractivity contribution in [2.24, 2.45) is 0 Å². The molecule has 1 aliphatic rings. The van der Waals surface area contributed by atoms with Gasteiger partial charge in [-0.25, -0.2) is 4.98 Å². The van der Waals surface area contributed by atoms with Gasteiger partial charge in [-0.15, -0.1) is 0 Å². The van der Waals surface area contributed by atoms with Gasteiger partial charge in [-0.2, -0.15) is 4.98 Å². The van der Waals surface area contributed by atoms with Gasteiger partial charge in [0.25, 0.3) is 5.91 Å². The number of rotatable bonds is 6. The van der Waals surface area contributed by atoms with Crippen LogP contribution >= 0.6 is 0 Å². The van der Waals surface area contributed by atoms with E-state index in [1.54, 1.807) is 46.2 Å². The van der Waals surface area contributed by atoms with Crippen molar-refractivity contribution in [3.05, 3.63) is 70.6 Å². The van der Waals surface area contributed by atoms with Crippen LogP contribution in [0.4, 0.5) is 11.5 Å². The summed E-state index contributed by atoms with van der Waals surface area (Å²) in [5.74, 6) is -0.113. The number of nitro groups is 1. The number of Topliss-reactive ketones (excluding diaryl/α,β-unsaturated/α-hetero) is 1. The maximum absolute atomic E-state index is 12.5. The standard InChI is InChI=1S/C23H19N5O7/c1-14(29)18-12-15-4-2-5-16(20(15)34-18)35-22-19(28(31)32)21(24-13-25-22)26-7-9-27(10-8-26)23(30)17-6-3-11-33-17/h2-6,11-13H,7-10H2,1H3. The number of benzene rings is 1. The van der Waals surface area contributed by atoms with E-state index in [-0.39, 0.29) is 46.2 Å². The van der Waals surface area contributed by atoms with Crippen molar-refractivity contribution in [1.82, 2.24) is 14.9 Å². The minimum absolute atomic E-state index is 0.0844. The van der Waals surface area contributed by atoms with Gasteiger partial charge in [-0.3, -0.25) is 19.7 Å². The maximum Gasteiger partial charge on any atom is 0.373 e. The van der Waals surface area contributed by atoms with E-state index in [2.05, 4.69) is 9.97 Å². The molecule has 0 spiro atoms. The SMILES string of the molecule is CC(=O)c1cc2cccc(Oc3ncnc(N4CCN(C(=O)c5ccco5)CC4)c3[N+](=O)[O-])c2o1. The fourth-order valence-corrected chi connectivity index (χ4v) is 3.89. The van der Waals surface area contributed by atoms with Gasteiger partial charge in [0.2, 0.25) is 5.82 Å². The first-order valence-corrected chi connectivity index (χ1v) is 10.7. The maximum atomic E-state index is 12.5. The summed E-state index contributed by atoms with van der Waals surface area (Å²) in [6, 6.07) is 9.79. The van der Waals surface area contributed by atoms with Gasteiger partial charge < -0.3 is 23.4 Å². The monoisotopic (exact) mass is 477 g/mol. The topological polar surface area (TPSA) is 145 Å². The molecule has 1 aliphatic heterocycles. The van der Waals surface area contributed by atoms with Gasteiger partial charge in [-0.05, 0) is 24.3 Å². The van der Waals surface area contributed by atoms with Crippen molar-refractivity contribution < 1.29 is 28.1 Å². The highest BCUT2D eigenvalue weighted by Gasteiger charge is 2.32. The van der Waals surface area contributed by atoms with Crippen LogP contribution in [0.2, 0.25) is 0 Å². The lowest BCUT2D eigenvalue weighted by Crippen LogP contribution is -2.49. The largest absolute Gasteiger partial charge is 0.459 e. The Bertz CT molecular complexity index is 1420. The van der Waals surface area contributed by atoms with Crippen LogP contribution in [-0.4, -0.2) is 57.7 Å². The number of anilines is 1. The smallest absolute Gasteiger partial charge is 0.373 e. The third kappa shape index (κ3) is 4.16. The van der Waals surface area contributed by atoms with Crippen LogP contribution in [0.5, 0.6) is 11.6 Å². The molecule has 0 unspecified atom stereocenters. The minimum atomic E-state index is -0.603. The number of nitrogens with zero attached hydrogens (tertiary/aromatic N) is 5. The third-order valence-corrected chi connectivity index (χ3v) is 5.61. The predicted molar refractivity (Wildman–Crippen MR) is 122 cm³/mol. The van der Waals surface area contributed by atoms with E-state index in [1.165, 1.54) is 19.5 Å². The summed E-state index contributed by atoms with van der Waals surface area (Å²) in [7, 11) is 0. The van der Waals surface area contributed by atoms with E-state index < -0.39 is 10.6 Å². The van der Waals surface area contributed by atoms with Crippen LogP contribution in [0, 0.1) is 10.1 Å². The summed E-state index contributed by atoms with van der Waals surface area (Å²) >= 11 is 0. The summed E-state index contributed by atoms with van der Waals surface area (Å²) in [4.78, 5) is 47.1. The molecule has 0 radical (unpaired) electrons. The number of furan rings is 2. The highest BCUT2D eigenvalue weighted by molar-refractivity contribution is 5.97. The first-order valence-electron chi connectivity index (χ1n) is 10.7. The zero-order valence-electron chi connectivity index (χ0n) is 18.5. The molecule has 0 saturated carbocycles. The molecule has 35 heavy (non-hydrogen) atoms. The van der Waals surface area contributed by atoms with Crippen LogP contribution < -0.4 is 9.64 Å². The molecule has 0 aliphatic carbocycles. The second-order valence-electron chi connectivity index (χ2n) is 7.81. The average molecular weight is 477 g/mol. The summed E-state index contributed by atoms with van der Waals surface area (Å²) in [5.41, 5.74) is -0.133. The first-order chi connectivity index (χ1) is 16.9. The van der Waals surface area contributed by atoms with E-state index in [0.717, 1.165) is 0 Å². The molecule has 5 rings (SSSR count). The first kappa shape index (κ1) is 22.1. The molecular weight excluding hydrogens is 458 g/mol. The molecule has 1 amide bonds. The molecule has 4 heterocycles. The van der Waals surface area contributed by atoms with Crippen LogP contribution in [0.25, 0.3) is 11.0 Å². The number of hydrogen-bond donors (Lipinski definition) is 0. The third-order valence-electron chi connectivity index (χ3n) is 5.61. The van der Waals surface area contributed by atoms with Crippen molar-refractivity contribution in [2.45, 2.75) is 6.92 Å². The number of aromatic nitrogens is 2. The van der Waals surface area contributed by atoms with Crippen molar-refractivity contribution in [3.8, 4) is 11.6 Å². The molecule has 1 aromatic carbocycles. The fourth-order valence-electron chi connectivity index (χ4n) is 3.89. The second kappa shape index (κ2) is 8.89. The number of hydrogen-bond acceptors (Lipinski definition) is 10. The molecule has 12 nitrogen and oxygen atoms in total. The number of piperazine rings is 1. The number of para-hydroxylation sites is 1. The Kier molecular flexibility index (Phi) is 5.61.